The minimum Gasteiger partial charge on any atom is -0.406 e. The number of aliphatic hydroxyl groups is 1. The summed E-state index contributed by atoms with van der Waals surface area (Å²) in [6, 6.07) is 9.64. The van der Waals surface area contributed by atoms with E-state index in [0.717, 1.165) is 18.2 Å². The van der Waals surface area contributed by atoms with Gasteiger partial charge in [-0.05, 0) is 30.2 Å². The van der Waals surface area contributed by atoms with E-state index in [-0.39, 0.29) is 41.2 Å². The first-order valence-corrected chi connectivity index (χ1v) is 9.89. The van der Waals surface area contributed by atoms with Crippen molar-refractivity contribution in [3.8, 4) is 17.0 Å². The van der Waals surface area contributed by atoms with Crippen LogP contribution >= 0.6 is 0 Å². The molecular weight excluding hydrogens is 447 g/mol. The molecule has 33 heavy (non-hydrogen) atoms. The van der Waals surface area contributed by atoms with Crippen LogP contribution in [0.15, 0.2) is 48.5 Å². The molecular formula is C22H21F5N4O2. The van der Waals surface area contributed by atoms with E-state index in [1.807, 2.05) is 13.8 Å². The monoisotopic (exact) mass is 468 g/mol. The number of nitrogens with zero attached hydrogens (tertiary/aromatic N) is 2. The van der Waals surface area contributed by atoms with Crippen LogP contribution in [-0.2, 0) is 0 Å². The van der Waals surface area contributed by atoms with Gasteiger partial charge in [0.15, 0.2) is 11.6 Å². The lowest BCUT2D eigenvalue weighted by atomic mass is 10.1. The second-order valence-electron chi connectivity index (χ2n) is 7.44. The van der Waals surface area contributed by atoms with Gasteiger partial charge in [-0.3, -0.25) is 0 Å². The van der Waals surface area contributed by atoms with E-state index < -0.39 is 29.8 Å². The summed E-state index contributed by atoms with van der Waals surface area (Å²) in [7, 11) is 0. The van der Waals surface area contributed by atoms with Crippen molar-refractivity contribution in [2.24, 2.45) is 5.92 Å². The van der Waals surface area contributed by atoms with Crippen LogP contribution in [0.3, 0.4) is 0 Å². The molecule has 176 valence electrons. The van der Waals surface area contributed by atoms with Gasteiger partial charge in [0, 0.05) is 11.6 Å². The molecule has 0 spiro atoms. The maximum absolute atomic E-state index is 14.1. The number of benzene rings is 2. The van der Waals surface area contributed by atoms with Crippen molar-refractivity contribution in [3.05, 3.63) is 60.2 Å². The predicted molar refractivity (Wildman–Crippen MR) is 113 cm³/mol. The minimum absolute atomic E-state index is 0.0113. The maximum atomic E-state index is 14.1. The highest BCUT2D eigenvalue weighted by Gasteiger charge is 2.31. The standard InChI is InChI=1S/C22H21F5N4O2/c1-12(2)18(11-32)30-21-29-17(13-5-3-6-14(9-13)33-22(25,26)27)10-19(31-21)28-16-8-4-7-15(23)20(16)24/h3-10,12,18,32H,11H2,1-2H3,(H2,28,29,30,31)/t18-/m0/s1. The number of nitrogens with one attached hydrogen (secondary N) is 2. The maximum Gasteiger partial charge on any atom is 0.573 e. The number of aliphatic hydroxyl groups excluding tert-OH is 1. The third-order valence-electron chi connectivity index (χ3n) is 4.62. The van der Waals surface area contributed by atoms with Gasteiger partial charge in [-0.2, -0.15) is 4.98 Å². The third kappa shape index (κ3) is 6.51. The van der Waals surface area contributed by atoms with Crippen molar-refractivity contribution >= 4 is 17.5 Å². The van der Waals surface area contributed by atoms with Gasteiger partial charge >= 0.3 is 6.36 Å². The molecule has 3 aromatic rings. The van der Waals surface area contributed by atoms with Crippen LogP contribution in [0.2, 0.25) is 0 Å². The van der Waals surface area contributed by atoms with E-state index in [9.17, 15) is 27.1 Å². The second-order valence-corrected chi connectivity index (χ2v) is 7.44. The van der Waals surface area contributed by atoms with Gasteiger partial charge < -0.3 is 20.5 Å². The van der Waals surface area contributed by atoms with Crippen LogP contribution in [0.4, 0.5) is 39.4 Å². The Balaban J connectivity index is 2.03. The van der Waals surface area contributed by atoms with Crippen molar-refractivity contribution in [2.75, 3.05) is 17.2 Å². The van der Waals surface area contributed by atoms with Gasteiger partial charge in [0.2, 0.25) is 5.95 Å². The van der Waals surface area contributed by atoms with Gasteiger partial charge in [0.25, 0.3) is 0 Å². The lowest BCUT2D eigenvalue weighted by Gasteiger charge is -2.21. The van der Waals surface area contributed by atoms with E-state index >= 15 is 0 Å². The lowest BCUT2D eigenvalue weighted by Crippen LogP contribution is -2.30. The minimum atomic E-state index is -4.87. The van der Waals surface area contributed by atoms with Gasteiger partial charge in [-0.1, -0.05) is 32.0 Å². The molecule has 0 aliphatic rings. The van der Waals surface area contributed by atoms with Crippen molar-refractivity contribution in [1.29, 1.82) is 0 Å². The van der Waals surface area contributed by atoms with E-state index in [1.54, 1.807) is 0 Å². The average Bonchev–Trinajstić information content (AvgIpc) is 2.74. The first kappa shape index (κ1) is 24.2. The van der Waals surface area contributed by atoms with Gasteiger partial charge in [0.05, 0.1) is 24.0 Å². The van der Waals surface area contributed by atoms with Crippen LogP contribution < -0.4 is 15.4 Å². The highest BCUT2D eigenvalue weighted by Crippen LogP contribution is 2.30. The molecule has 0 saturated heterocycles. The SMILES string of the molecule is CC(C)[C@H](CO)Nc1nc(Nc2cccc(F)c2F)cc(-c2cccc(OC(F)(F)F)c2)n1. The molecule has 1 aromatic heterocycles. The highest BCUT2D eigenvalue weighted by molar-refractivity contribution is 5.68. The predicted octanol–water partition coefficient (Wildman–Crippen LogP) is 5.49. The van der Waals surface area contributed by atoms with Crippen LogP contribution in [0, 0.1) is 17.6 Å². The number of aromatic nitrogens is 2. The highest BCUT2D eigenvalue weighted by atomic mass is 19.4. The molecule has 1 atom stereocenters. The molecule has 0 unspecified atom stereocenters. The zero-order valence-electron chi connectivity index (χ0n) is 17.6. The number of alkyl halides is 3. The Morgan fingerprint density at radius 1 is 1.03 bits per heavy atom. The van der Waals surface area contributed by atoms with Gasteiger partial charge in [0.1, 0.15) is 11.6 Å². The summed E-state index contributed by atoms with van der Waals surface area (Å²) in [5, 5.41) is 15.2. The molecule has 0 aliphatic heterocycles. The van der Waals surface area contributed by atoms with E-state index in [4.69, 9.17) is 0 Å². The van der Waals surface area contributed by atoms with Crippen molar-refractivity contribution in [2.45, 2.75) is 26.3 Å². The Morgan fingerprint density at radius 2 is 1.76 bits per heavy atom. The second kappa shape index (κ2) is 9.99. The summed E-state index contributed by atoms with van der Waals surface area (Å²) < 4.78 is 69.6. The summed E-state index contributed by atoms with van der Waals surface area (Å²) in [4.78, 5) is 8.55. The molecule has 0 aliphatic carbocycles. The van der Waals surface area contributed by atoms with Crippen LogP contribution in [-0.4, -0.2) is 34.1 Å². The lowest BCUT2D eigenvalue weighted by molar-refractivity contribution is -0.274. The summed E-state index contributed by atoms with van der Waals surface area (Å²) >= 11 is 0. The number of rotatable bonds is 8. The number of halogens is 5. The molecule has 3 rings (SSSR count). The van der Waals surface area contributed by atoms with E-state index in [0.29, 0.717) is 0 Å². The summed E-state index contributed by atoms with van der Waals surface area (Å²) in [5.41, 5.74) is 0.247. The van der Waals surface area contributed by atoms with Crippen molar-refractivity contribution in [3.63, 3.8) is 0 Å². The Bertz CT molecular complexity index is 1110. The molecule has 0 saturated carbocycles. The Labute approximate surface area is 186 Å². The Morgan fingerprint density at radius 3 is 2.42 bits per heavy atom. The number of hydrogen-bond donors (Lipinski definition) is 3. The molecule has 6 nitrogen and oxygen atoms in total. The third-order valence-corrected chi connectivity index (χ3v) is 4.62. The topological polar surface area (TPSA) is 79.3 Å². The Kier molecular flexibility index (Phi) is 7.32. The fraction of sp³-hybridized carbons (Fsp3) is 0.273. The zero-order valence-corrected chi connectivity index (χ0v) is 17.6. The first-order valence-electron chi connectivity index (χ1n) is 9.89. The molecule has 0 radical (unpaired) electrons. The molecule has 2 aromatic carbocycles. The molecule has 0 fully saturated rings. The smallest absolute Gasteiger partial charge is 0.406 e. The molecule has 11 heteroatoms. The van der Waals surface area contributed by atoms with Crippen molar-refractivity contribution in [1.82, 2.24) is 9.97 Å². The largest absolute Gasteiger partial charge is 0.573 e. The molecule has 1 heterocycles. The zero-order chi connectivity index (χ0) is 24.2. The molecule has 0 amide bonds. The number of anilines is 3. The van der Waals surface area contributed by atoms with Crippen molar-refractivity contribution < 1.29 is 31.8 Å². The average molecular weight is 468 g/mol. The fourth-order valence-electron chi connectivity index (χ4n) is 2.90. The van der Waals surface area contributed by atoms with Crippen LogP contribution in [0.5, 0.6) is 5.75 Å². The van der Waals surface area contributed by atoms with Crippen LogP contribution in [0.1, 0.15) is 13.8 Å². The summed E-state index contributed by atoms with van der Waals surface area (Å²) in [6.07, 6.45) is -4.87. The van der Waals surface area contributed by atoms with E-state index in [2.05, 4.69) is 25.3 Å². The van der Waals surface area contributed by atoms with Gasteiger partial charge in [-0.15, -0.1) is 13.2 Å². The van der Waals surface area contributed by atoms with Gasteiger partial charge in [-0.25, -0.2) is 13.8 Å². The number of ether oxygens (including phenoxy) is 1. The van der Waals surface area contributed by atoms with E-state index in [1.165, 1.54) is 30.3 Å². The fourth-order valence-corrected chi connectivity index (χ4v) is 2.90. The first-order chi connectivity index (χ1) is 15.6. The summed E-state index contributed by atoms with van der Waals surface area (Å²) in [5.74, 6) is -2.57. The Hall–Kier alpha value is -3.47. The number of hydrogen-bond acceptors (Lipinski definition) is 6. The molecule has 0 bridgehead atoms. The molecule has 3 N–H and O–H groups in total. The summed E-state index contributed by atoms with van der Waals surface area (Å²) in [6.45, 7) is 3.48. The quantitative estimate of drug-likeness (QED) is 0.380. The van der Waals surface area contributed by atoms with Crippen LogP contribution in [0.25, 0.3) is 11.3 Å². The normalized spacial score (nSPS) is 12.5.